The zero-order valence-corrected chi connectivity index (χ0v) is 11.9. The van der Waals surface area contributed by atoms with Crippen LogP contribution in [0, 0.1) is 22.9 Å². The van der Waals surface area contributed by atoms with Crippen LogP contribution in [0.3, 0.4) is 0 Å². The highest BCUT2D eigenvalue weighted by molar-refractivity contribution is 5.93. The summed E-state index contributed by atoms with van der Waals surface area (Å²) in [6.07, 6.45) is 0. The predicted molar refractivity (Wildman–Crippen MR) is 76.2 cm³/mol. The minimum atomic E-state index is -0.716. The third-order valence-corrected chi connectivity index (χ3v) is 2.82. The molecule has 116 valence electrons. The number of likely N-dealkylation sites (N-methyl/N-ethyl adjacent to an activating group) is 1. The number of halogens is 1. The maximum Gasteiger partial charge on any atom is 0.295 e. The number of aromatic nitrogens is 1. The van der Waals surface area contributed by atoms with E-state index in [0.717, 1.165) is 12.1 Å². The Morgan fingerprint density at radius 2 is 2.23 bits per heavy atom. The Kier molecular flexibility index (Phi) is 4.35. The van der Waals surface area contributed by atoms with Crippen LogP contribution in [0.4, 0.5) is 21.6 Å². The minimum Gasteiger partial charge on any atom is -0.360 e. The molecular weight excluding hydrogens is 295 g/mol. The number of benzene rings is 1. The van der Waals surface area contributed by atoms with Gasteiger partial charge in [-0.1, -0.05) is 5.16 Å². The molecule has 9 heteroatoms. The molecule has 0 aliphatic carbocycles. The summed E-state index contributed by atoms with van der Waals surface area (Å²) in [4.78, 5) is 23.5. The van der Waals surface area contributed by atoms with Crippen LogP contribution < -0.4 is 10.2 Å². The van der Waals surface area contributed by atoms with Crippen molar-refractivity contribution in [3.8, 4) is 0 Å². The zero-order chi connectivity index (χ0) is 16.3. The van der Waals surface area contributed by atoms with Crippen LogP contribution in [-0.4, -0.2) is 29.6 Å². The first kappa shape index (κ1) is 15.4. The number of aryl methyl sites for hydroxylation is 1. The van der Waals surface area contributed by atoms with E-state index in [4.69, 9.17) is 4.52 Å². The Balaban J connectivity index is 2.10. The molecule has 0 fully saturated rings. The number of carbonyl (C=O) groups is 1. The van der Waals surface area contributed by atoms with E-state index in [1.807, 2.05) is 0 Å². The Morgan fingerprint density at radius 3 is 2.82 bits per heavy atom. The van der Waals surface area contributed by atoms with Gasteiger partial charge in [0.1, 0.15) is 17.3 Å². The summed E-state index contributed by atoms with van der Waals surface area (Å²) in [7, 11) is 1.49. The summed E-state index contributed by atoms with van der Waals surface area (Å²) >= 11 is 0. The van der Waals surface area contributed by atoms with Crippen LogP contribution in [0.25, 0.3) is 0 Å². The zero-order valence-electron chi connectivity index (χ0n) is 11.9. The van der Waals surface area contributed by atoms with E-state index in [-0.39, 0.29) is 18.1 Å². The smallest absolute Gasteiger partial charge is 0.295 e. The molecule has 2 aromatic rings. The molecule has 1 aromatic carbocycles. The van der Waals surface area contributed by atoms with Crippen molar-refractivity contribution in [2.45, 2.75) is 6.92 Å². The number of nitrogens with zero attached hydrogens (tertiary/aromatic N) is 3. The largest absolute Gasteiger partial charge is 0.360 e. The first-order valence-electron chi connectivity index (χ1n) is 6.25. The molecule has 0 aliphatic heterocycles. The molecule has 0 bridgehead atoms. The second-order valence-electron chi connectivity index (χ2n) is 4.62. The molecule has 1 aromatic heterocycles. The number of nitrogens with one attached hydrogen (secondary N) is 1. The van der Waals surface area contributed by atoms with E-state index >= 15 is 0 Å². The van der Waals surface area contributed by atoms with Gasteiger partial charge in [0.2, 0.25) is 5.91 Å². The van der Waals surface area contributed by atoms with Gasteiger partial charge in [0.15, 0.2) is 5.82 Å². The van der Waals surface area contributed by atoms with E-state index in [1.165, 1.54) is 24.1 Å². The van der Waals surface area contributed by atoms with Gasteiger partial charge in [0, 0.05) is 13.1 Å². The molecule has 0 radical (unpaired) electrons. The van der Waals surface area contributed by atoms with E-state index in [2.05, 4.69) is 10.5 Å². The quantitative estimate of drug-likeness (QED) is 0.670. The maximum atomic E-state index is 13.1. The van der Waals surface area contributed by atoms with Gasteiger partial charge in [-0.25, -0.2) is 4.39 Å². The third-order valence-electron chi connectivity index (χ3n) is 2.82. The highest BCUT2D eigenvalue weighted by Gasteiger charge is 2.20. The van der Waals surface area contributed by atoms with Gasteiger partial charge >= 0.3 is 0 Å². The van der Waals surface area contributed by atoms with Crippen LogP contribution in [0.15, 0.2) is 28.8 Å². The molecule has 8 nitrogen and oxygen atoms in total. The van der Waals surface area contributed by atoms with Gasteiger partial charge < -0.3 is 14.7 Å². The molecule has 1 heterocycles. The summed E-state index contributed by atoms with van der Waals surface area (Å²) in [6, 6.07) is 4.70. The molecule has 0 saturated carbocycles. The average molecular weight is 308 g/mol. The molecular formula is C13H13FN4O4. The Bertz CT molecular complexity index is 716. The molecule has 0 spiro atoms. The van der Waals surface area contributed by atoms with Crippen LogP contribution in [0.2, 0.25) is 0 Å². The normalized spacial score (nSPS) is 10.3. The monoisotopic (exact) mass is 308 g/mol. The number of carbonyl (C=O) groups excluding carboxylic acids is 1. The fraction of sp³-hybridized carbons (Fsp3) is 0.231. The van der Waals surface area contributed by atoms with Gasteiger partial charge in [-0.05, 0) is 19.1 Å². The van der Waals surface area contributed by atoms with E-state index in [0.29, 0.717) is 5.76 Å². The van der Waals surface area contributed by atoms with E-state index in [9.17, 15) is 19.3 Å². The highest BCUT2D eigenvalue weighted by atomic mass is 19.1. The maximum absolute atomic E-state index is 13.1. The molecule has 2 rings (SSSR count). The Labute approximate surface area is 124 Å². The van der Waals surface area contributed by atoms with Gasteiger partial charge in [0.25, 0.3) is 5.69 Å². The summed E-state index contributed by atoms with van der Waals surface area (Å²) in [5.74, 6) is -0.358. The number of anilines is 2. The molecule has 0 saturated heterocycles. The number of hydrogen-bond acceptors (Lipinski definition) is 6. The summed E-state index contributed by atoms with van der Waals surface area (Å²) in [6.45, 7) is 1.51. The lowest BCUT2D eigenvalue weighted by atomic mass is 10.2. The standard InChI is InChI=1S/C13H13FN4O4/c1-8-5-12(16-22-8)15-13(19)7-17(2)10-4-3-9(14)6-11(10)18(20)21/h3-6H,7H2,1-2H3,(H,15,16,19). The number of nitro benzene ring substituents is 1. The van der Waals surface area contributed by atoms with Crippen molar-refractivity contribution in [1.82, 2.24) is 5.16 Å². The van der Waals surface area contributed by atoms with Crippen LogP contribution in [0.5, 0.6) is 0 Å². The molecule has 0 aliphatic rings. The Morgan fingerprint density at radius 1 is 1.50 bits per heavy atom. The van der Waals surface area contributed by atoms with Gasteiger partial charge in [-0.2, -0.15) is 0 Å². The number of nitro groups is 1. The number of rotatable bonds is 5. The molecule has 1 amide bonds. The third kappa shape index (κ3) is 3.57. The minimum absolute atomic E-state index is 0.137. The lowest BCUT2D eigenvalue weighted by Crippen LogP contribution is -2.30. The van der Waals surface area contributed by atoms with Gasteiger partial charge in [-0.15, -0.1) is 0 Å². The van der Waals surface area contributed by atoms with Crippen molar-refractivity contribution in [1.29, 1.82) is 0 Å². The number of amides is 1. The van der Waals surface area contributed by atoms with E-state index < -0.39 is 22.3 Å². The fourth-order valence-corrected chi connectivity index (χ4v) is 1.87. The lowest BCUT2D eigenvalue weighted by Gasteiger charge is -2.18. The van der Waals surface area contributed by atoms with Crippen molar-refractivity contribution in [2.75, 3.05) is 23.8 Å². The lowest BCUT2D eigenvalue weighted by molar-refractivity contribution is -0.384. The fourth-order valence-electron chi connectivity index (χ4n) is 1.87. The van der Waals surface area contributed by atoms with Crippen molar-refractivity contribution in [3.63, 3.8) is 0 Å². The summed E-state index contributed by atoms with van der Waals surface area (Å²) in [5, 5.41) is 17.1. The van der Waals surface area contributed by atoms with Crippen molar-refractivity contribution in [2.24, 2.45) is 0 Å². The van der Waals surface area contributed by atoms with E-state index in [1.54, 1.807) is 6.92 Å². The second-order valence-corrected chi connectivity index (χ2v) is 4.62. The van der Waals surface area contributed by atoms with Gasteiger partial charge in [-0.3, -0.25) is 14.9 Å². The summed E-state index contributed by atoms with van der Waals surface area (Å²) < 4.78 is 17.9. The Hall–Kier alpha value is -2.97. The topological polar surface area (TPSA) is 102 Å². The molecule has 1 N–H and O–H groups in total. The van der Waals surface area contributed by atoms with Crippen molar-refractivity contribution < 1.29 is 18.6 Å². The van der Waals surface area contributed by atoms with Crippen LogP contribution in [0.1, 0.15) is 5.76 Å². The van der Waals surface area contributed by atoms with Gasteiger partial charge in [0.05, 0.1) is 17.5 Å². The van der Waals surface area contributed by atoms with Crippen molar-refractivity contribution >= 4 is 23.1 Å². The molecule has 0 unspecified atom stereocenters. The predicted octanol–water partition coefficient (Wildman–Crippen LogP) is 2.11. The average Bonchev–Trinajstić information content (AvgIpc) is 2.83. The first-order valence-corrected chi connectivity index (χ1v) is 6.25. The first-order chi connectivity index (χ1) is 10.4. The van der Waals surface area contributed by atoms with Crippen LogP contribution in [-0.2, 0) is 4.79 Å². The summed E-state index contributed by atoms with van der Waals surface area (Å²) in [5.41, 5.74) is -0.273. The van der Waals surface area contributed by atoms with Crippen LogP contribution >= 0.6 is 0 Å². The SMILES string of the molecule is Cc1cc(NC(=O)CN(C)c2ccc(F)cc2[N+](=O)[O-])no1. The molecule has 22 heavy (non-hydrogen) atoms. The van der Waals surface area contributed by atoms with Crippen molar-refractivity contribution in [3.05, 3.63) is 46.0 Å². The molecule has 0 atom stereocenters. The second kappa shape index (κ2) is 6.20. The highest BCUT2D eigenvalue weighted by Crippen LogP contribution is 2.27. The number of hydrogen-bond donors (Lipinski definition) is 1.